The molecular weight excluding hydrogens is 420 g/mol. The number of rotatable bonds is 3. The van der Waals surface area contributed by atoms with Crippen LogP contribution in [0.5, 0.6) is 23.0 Å². The average molecular weight is 434 g/mol. The van der Waals surface area contributed by atoms with Crippen LogP contribution in [-0.2, 0) is 4.74 Å². The monoisotopic (exact) mass is 434 g/mol. The van der Waals surface area contributed by atoms with Crippen molar-refractivity contribution in [2.75, 3.05) is 6.61 Å². The van der Waals surface area contributed by atoms with Crippen LogP contribution in [0.15, 0.2) is 30.6 Å². The van der Waals surface area contributed by atoms with Crippen LogP contribution in [0.2, 0.25) is 0 Å². The SMILES string of the molecule is O=c1oc2c(O)c(O[C@@H]3O[C@@H](CO)[C@H](O)[C@H]3O)cc3c(=O)oc4c(O)c(O)cc1c4c23. The van der Waals surface area contributed by atoms with E-state index in [1.165, 1.54) is 0 Å². The molecule has 1 aliphatic rings. The van der Waals surface area contributed by atoms with Gasteiger partial charge in [-0.1, -0.05) is 0 Å². The van der Waals surface area contributed by atoms with Gasteiger partial charge in [0.2, 0.25) is 17.8 Å². The van der Waals surface area contributed by atoms with Crippen molar-refractivity contribution < 1.29 is 48.9 Å². The Morgan fingerprint density at radius 2 is 1.45 bits per heavy atom. The van der Waals surface area contributed by atoms with Crippen molar-refractivity contribution in [2.45, 2.75) is 24.6 Å². The van der Waals surface area contributed by atoms with Gasteiger partial charge >= 0.3 is 11.3 Å². The highest BCUT2D eigenvalue weighted by molar-refractivity contribution is 6.22. The smallest absolute Gasteiger partial charge is 0.344 e. The summed E-state index contributed by atoms with van der Waals surface area (Å²) in [6.07, 6.45) is -5.73. The van der Waals surface area contributed by atoms with Gasteiger partial charge in [0.25, 0.3) is 0 Å². The van der Waals surface area contributed by atoms with Gasteiger partial charge in [-0.25, -0.2) is 9.59 Å². The molecule has 12 heteroatoms. The third kappa shape index (κ3) is 2.56. The Balaban J connectivity index is 1.78. The van der Waals surface area contributed by atoms with Crippen LogP contribution in [0.3, 0.4) is 0 Å². The second kappa shape index (κ2) is 6.46. The Kier molecular flexibility index (Phi) is 4.04. The van der Waals surface area contributed by atoms with E-state index >= 15 is 0 Å². The van der Waals surface area contributed by atoms with Crippen LogP contribution in [-0.4, -0.2) is 61.8 Å². The third-order valence-electron chi connectivity index (χ3n) is 5.28. The van der Waals surface area contributed by atoms with Crippen LogP contribution < -0.4 is 16.0 Å². The standard InChI is InChI=1S/C19H14O12/c20-3-8-12(23)14(25)19(29-8)28-7-2-5-10-9-4(17(26)31-16(10)13(7)24)1-6(21)11(22)15(9)30-18(5)27/h1-2,8,12,14,19-25H,3H2/t8-,12-,14+,19+/m0/s1. The minimum Gasteiger partial charge on any atom is -0.504 e. The Morgan fingerprint density at radius 3 is 2.03 bits per heavy atom. The number of aliphatic hydroxyl groups excluding tert-OH is 3. The first-order valence-electron chi connectivity index (χ1n) is 8.95. The van der Waals surface area contributed by atoms with Crippen molar-refractivity contribution in [1.82, 2.24) is 0 Å². The molecule has 1 saturated heterocycles. The molecule has 1 aliphatic heterocycles. The fraction of sp³-hybridized carbons (Fsp3) is 0.263. The van der Waals surface area contributed by atoms with E-state index in [-0.39, 0.29) is 21.5 Å². The van der Waals surface area contributed by atoms with Gasteiger partial charge in [-0.15, -0.1) is 0 Å². The van der Waals surface area contributed by atoms with E-state index in [4.69, 9.17) is 18.3 Å². The van der Waals surface area contributed by atoms with Crippen molar-refractivity contribution in [3.05, 3.63) is 33.0 Å². The van der Waals surface area contributed by atoms with Crippen LogP contribution >= 0.6 is 0 Å². The lowest BCUT2D eigenvalue weighted by Gasteiger charge is -2.19. The largest absolute Gasteiger partial charge is 0.504 e. The molecule has 0 unspecified atom stereocenters. The van der Waals surface area contributed by atoms with Crippen molar-refractivity contribution in [3.8, 4) is 23.0 Å². The van der Waals surface area contributed by atoms with Crippen molar-refractivity contribution >= 4 is 32.7 Å². The zero-order valence-electron chi connectivity index (χ0n) is 15.3. The Bertz CT molecular complexity index is 1450. The molecule has 31 heavy (non-hydrogen) atoms. The third-order valence-corrected chi connectivity index (χ3v) is 5.28. The second-order valence-electron chi connectivity index (χ2n) is 7.07. The highest BCUT2D eigenvalue weighted by atomic mass is 16.7. The predicted molar refractivity (Wildman–Crippen MR) is 101 cm³/mol. The fourth-order valence-corrected chi connectivity index (χ4v) is 3.75. The summed E-state index contributed by atoms with van der Waals surface area (Å²) in [4.78, 5) is 25.0. The number of phenolic OH excluding ortho intramolecular Hbond substituents is 3. The first-order chi connectivity index (χ1) is 14.7. The Hall–Kier alpha value is -3.58. The summed E-state index contributed by atoms with van der Waals surface area (Å²) in [5.74, 6) is -2.66. The van der Waals surface area contributed by atoms with Crippen molar-refractivity contribution in [3.63, 3.8) is 0 Å². The maximum absolute atomic E-state index is 12.6. The van der Waals surface area contributed by atoms with E-state index in [0.717, 1.165) is 12.1 Å². The summed E-state index contributed by atoms with van der Waals surface area (Å²) < 4.78 is 20.8. The molecule has 3 heterocycles. The summed E-state index contributed by atoms with van der Waals surface area (Å²) >= 11 is 0. The van der Waals surface area contributed by atoms with Crippen molar-refractivity contribution in [2.24, 2.45) is 0 Å². The quantitative estimate of drug-likeness (QED) is 0.136. The number of benzene rings is 2. The fourth-order valence-electron chi connectivity index (χ4n) is 3.75. The maximum Gasteiger partial charge on any atom is 0.344 e. The molecule has 0 aliphatic carbocycles. The molecule has 2 aromatic heterocycles. The summed E-state index contributed by atoms with van der Waals surface area (Å²) in [6, 6.07) is 1.98. The zero-order valence-corrected chi connectivity index (χ0v) is 15.3. The molecule has 162 valence electrons. The number of ether oxygens (including phenoxy) is 2. The van der Waals surface area contributed by atoms with E-state index in [1.807, 2.05) is 0 Å². The number of aliphatic hydroxyl groups is 3. The Morgan fingerprint density at radius 1 is 0.871 bits per heavy atom. The summed E-state index contributed by atoms with van der Waals surface area (Å²) in [5.41, 5.74) is -2.97. The minimum absolute atomic E-state index is 0.0640. The molecule has 0 spiro atoms. The van der Waals surface area contributed by atoms with Crippen LogP contribution in [0.1, 0.15) is 0 Å². The highest BCUT2D eigenvalue weighted by Crippen LogP contribution is 2.45. The van der Waals surface area contributed by atoms with Gasteiger partial charge in [0, 0.05) is 10.8 Å². The number of aromatic hydroxyl groups is 3. The number of phenols is 3. The number of hydrogen-bond acceptors (Lipinski definition) is 12. The normalized spacial score (nSPS) is 24.0. The van der Waals surface area contributed by atoms with E-state index in [1.54, 1.807) is 0 Å². The van der Waals surface area contributed by atoms with Crippen LogP contribution in [0.4, 0.5) is 0 Å². The Labute approximate surface area is 169 Å². The lowest BCUT2D eigenvalue weighted by atomic mass is 10.0. The summed E-state index contributed by atoms with van der Waals surface area (Å²) in [6.45, 7) is -0.612. The van der Waals surface area contributed by atoms with Gasteiger partial charge in [0.05, 0.1) is 17.4 Å². The van der Waals surface area contributed by atoms with E-state index in [9.17, 15) is 40.2 Å². The maximum atomic E-state index is 12.6. The molecule has 4 atom stereocenters. The second-order valence-corrected chi connectivity index (χ2v) is 7.07. The molecular formula is C19H14O12. The molecule has 4 aromatic rings. The molecule has 0 radical (unpaired) electrons. The molecule has 2 aromatic carbocycles. The van der Waals surface area contributed by atoms with E-state index < -0.39 is 76.6 Å². The first kappa shape index (κ1) is 19.4. The number of hydrogen-bond donors (Lipinski definition) is 6. The van der Waals surface area contributed by atoms with E-state index in [2.05, 4.69) is 0 Å². The summed E-state index contributed by atoms with van der Waals surface area (Å²) in [7, 11) is 0. The molecule has 0 saturated carbocycles. The lowest BCUT2D eigenvalue weighted by molar-refractivity contribution is -0.117. The molecule has 5 rings (SSSR count). The van der Waals surface area contributed by atoms with Crippen LogP contribution in [0.25, 0.3) is 32.7 Å². The van der Waals surface area contributed by atoms with Crippen LogP contribution in [0, 0.1) is 0 Å². The topological polar surface area (TPSA) is 200 Å². The molecule has 12 nitrogen and oxygen atoms in total. The van der Waals surface area contributed by atoms with Gasteiger partial charge in [-0.2, -0.15) is 0 Å². The molecule has 0 bridgehead atoms. The van der Waals surface area contributed by atoms with Gasteiger partial charge < -0.3 is 48.9 Å². The lowest BCUT2D eigenvalue weighted by Crippen LogP contribution is -2.35. The molecule has 1 fully saturated rings. The highest BCUT2D eigenvalue weighted by Gasteiger charge is 2.44. The molecule has 6 N–H and O–H groups in total. The van der Waals surface area contributed by atoms with Gasteiger partial charge in [-0.05, 0) is 12.1 Å². The summed E-state index contributed by atoms with van der Waals surface area (Å²) in [5, 5.41) is 59.1. The van der Waals surface area contributed by atoms with Gasteiger partial charge in [0.1, 0.15) is 18.3 Å². The molecule has 0 amide bonds. The van der Waals surface area contributed by atoms with Crippen molar-refractivity contribution in [1.29, 1.82) is 0 Å². The van der Waals surface area contributed by atoms with Gasteiger partial charge in [-0.3, -0.25) is 0 Å². The first-order valence-corrected chi connectivity index (χ1v) is 8.95. The predicted octanol–water partition coefficient (Wildman–Crippen LogP) is -0.575. The van der Waals surface area contributed by atoms with Gasteiger partial charge in [0.15, 0.2) is 22.7 Å². The average Bonchev–Trinajstić information content (AvgIpc) is 3.01. The minimum atomic E-state index is -1.59. The zero-order chi connectivity index (χ0) is 22.2. The van der Waals surface area contributed by atoms with E-state index in [0.29, 0.717) is 0 Å².